The van der Waals surface area contributed by atoms with Crippen molar-refractivity contribution in [3.05, 3.63) is 131 Å². The van der Waals surface area contributed by atoms with E-state index in [1.165, 1.54) is 36.4 Å². The number of nitrogens with two attached hydrogens (primary N) is 1. The molecule has 0 bridgehead atoms. The molecule has 300 valence electrons. The van der Waals surface area contributed by atoms with Crippen LogP contribution in [0.15, 0.2) is 119 Å². The van der Waals surface area contributed by atoms with E-state index in [9.17, 15) is 26.4 Å². The van der Waals surface area contributed by atoms with Crippen molar-refractivity contribution in [1.29, 1.82) is 0 Å². The number of aromatic nitrogens is 6. The summed E-state index contributed by atoms with van der Waals surface area (Å²) in [5.41, 5.74) is -0.0444. The molecule has 0 radical (unpaired) electrons. The third-order valence-corrected chi connectivity index (χ3v) is 18.1. The Bertz CT molecular complexity index is 2600. The molecule has 6 aromatic rings. The van der Waals surface area contributed by atoms with Gasteiger partial charge in [-0.3, -0.25) is 0 Å². The number of sulfonamides is 2. The Morgan fingerprint density at radius 2 is 1.04 bits per heavy atom. The molecule has 57 heavy (non-hydrogen) atoms. The van der Waals surface area contributed by atoms with Crippen LogP contribution in [0.25, 0.3) is 11.6 Å². The molecular formula is C36H40Cl2Ge2N8O7S2. The molecule has 0 atom stereocenters. The Hall–Kier alpha value is -4.37. The molecule has 6 rings (SSSR count). The maximum absolute atomic E-state index is 12.4. The molecule has 4 N–H and O–H groups in total. The SMILES string of the molecule is NS(=O)(=O)c1ccccc1.[CH3][Ge]([CH3])([CH3])[c]1ccn(-c2ccc(C(=O)NS(=O)(=O)c3ccccc3)c(Cl)n2)n1.[CH3][Ge]([CH3])([CH3])[c]1ccn(-c2ccc(C(=O)O)c(Cl)n2)n1. The van der Waals surface area contributed by atoms with Gasteiger partial charge in [0.1, 0.15) is 0 Å². The summed E-state index contributed by atoms with van der Waals surface area (Å²) in [7, 11) is -7.50. The van der Waals surface area contributed by atoms with Crippen LogP contribution < -0.4 is 18.9 Å². The first-order chi connectivity index (χ1) is 26.5. The molecule has 0 aliphatic carbocycles. The van der Waals surface area contributed by atoms with Crippen LogP contribution in [0, 0.1) is 0 Å². The summed E-state index contributed by atoms with van der Waals surface area (Å²) in [6.45, 7) is 0. The van der Waals surface area contributed by atoms with E-state index in [2.05, 4.69) is 54.7 Å². The molecular weight excluding hydrogens is 937 g/mol. The van der Waals surface area contributed by atoms with E-state index in [1.807, 2.05) is 23.1 Å². The van der Waals surface area contributed by atoms with Crippen molar-refractivity contribution in [3.8, 4) is 11.6 Å². The monoisotopic (exact) mass is 978 g/mol. The van der Waals surface area contributed by atoms with E-state index in [1.54, 1.807) is 64.1 Å². The molecule has 21 heteroatoms. The number of rotatable bonds is 9. The standard InChI is InChI=1S/C18H19ClGeN4O3S.C12H14ClGeN3O2.C6H7NO2S/c1-20(2,3)15-11-12-24(22-15)16-10-9-14(17(19)21-16)18(25)23-28(26,27)13-7-5-4-6-8-13;1-14(2,3)9-6-7-17(16-9)10-5-4-8(12(18)19)11(13)15-10;7-10(8,9)6-4-2-1-3-5-6/h4-12H,1-3H3,(H,23,25);4-7H,1-3H3,(H,18,19);1-5H,(H2,7,8,9). The van der Waals surface area contributed by atoms with E-state index >= 15 is 0 Å². The normalized spacial score (nSPS) is 11.7. The zero-order chi connectivity index (χ0) is 42.3. The maximum atomic E-state index is 12.4. The fourth-order valence-electron chi connectivity index (χ4n) is 4.58. The number of nitrogens with zero attached hydrogens (tertiary/aromatic N) is 6. The van der Waals surface area contributed by atoms with Gasteiger partial charge in [0.15, 0.2) is 0 Å². The minimum absolute atomic E-state index is 0.00808. The molecule has 4 aromatic heterocycles. The topological polar surface area (TPSA) is 222 Å². The summed E-state index contributed by atoms with van der Waals surface area (Å²) in [6, 6.07) is 25.5. The average Bonchev–Trinajstić information content (AvgIpc) is 3.84. The van der Waals surface area contributed by atoms with Crippen molar-refractivity contribution in [2.75, 3.05) is 0 Å². The molecule has 0 saturated heterocycles. The number of benzene rings is 2. The molecule has 0 aliphatic heterocycles. The molecule has 0 saturated carbocycles. The molecule has 0 spiro atoms. The first-order valence-electron chi connectivity index (χ1n) is 16.9. The van der Waals surface area contributed by atoms with Gasteiger partial charge >= 0.3 is 271 Å². The first-order valence-corrected chi connectivity index (χ1v) is 35.3. The third-order valence-electron chi connectivity index (χ3n) is 7.68. The van der Waals surface area contributed by atoms with Crippen LogP contribution in [0.4, 0.5) is 0 Å². The molecule has 0 aliphatic rings. The Kier molecular flexibility index (Phi) is 14.7. The van der Waals surface area contributed by atoms with Gasteiger partial charge in [-0.05, 0) is 12.1 Å². The molecule has 4 heterocycles. The molecule has 0 unspecified atom stereocenters. The number of aromatic carboxylic acids is 1. The zero-order valence-corrected chi connectivity index (χ0v) is 39.0. The van der Waals surface area contributed by atoms with E-state index < -0.39 is 58.5 Å². The summed E-state index contributed by atoms with van der Waals surface area (Å²) in [5.74, 6) is 12.5. The van der Waals surface area contributed by atoms with Gasteiger partial charge < -0.3 is 0 Å². The number of carboxylic acid groups (broad SMARTS) is 1. The Morgan fingerprint density at radius 1 is 0.632 bits per heavy atom. The summed E-state index contributed by atoms with van der Waals surface area (Å²) in [6.07, 6.45) is 3.62. The van der Waals surface area contributed by atoms with Crippen molar-refractivity contribution in [2.24, 2.45) is 5.14 Å². The summed E-state index contributed by atoms with van der Waals surface area (Å²) < 4.78 is 53.2. The third kappa shape index (κ3) is 12.6. The average molecular weight is 977 g/mol. The second kappa shape index (κ2) is 18.5. The van der Waals surface area contributed by atoms with Gasteiger partial charge in [-0.2, -0.15) is 0 Å². The van der Waals surface area contributed by atoms with Crippen molar-refractivity contribution in [3.63, 3.8) is 0 Å². The molecule has 2 aromatic carbocycles. The first kappa shape index (κ1) is 45.3. The number of amides is 1. The number of carbonyl (C=O) groups excluding carboxylic acids is 1. The van der Waals surface area contributed by atoms with E-state index in [-0.39, 0.29) is 31.2 Å². The van der Waals surface area contributed by atoms with Gasteiger partial charge in [-0.15, -0.1) is 0 Å². The Balaban J connectivity index is 0.000000213. The van der Waals surface area contributed by atoms with Gasteiger partial charge in [0, 0.05) is 0 Å². The zero-order valence-electron chi connectivity index (χ0n) is 31.6. The molecule has 0 fully saturated rings. The van der Waals surface area contributed by atoms with Gasteiger partial charge in [-0.25, -0.2) is 13.6 Å². The number of primary sulfonamides is 1. The summed E-state index contributed by atoms with van der Waals surface area (Å²) >= 11 is 7.95. The number of nitrogens with one attached hydrogen (secondary N) is 1. The van der Waals surface area contributed by atoms with E-state index in [0.717, 1.165) is 9.05 Å². The second-order valence-corrected chi connectivity index (χ2v) is 39.2. The number of pyridine rings is 2. The quantitative estimate of drug-likeness (QED) is 0.128. The fraction of sp³-hybridized carbons (Fsp3) is 0.167. The van der Waals surface area contributed by atoms with Crippen molar-refractivity contribution in [2.45, 2.75) is 44.3 Å². The van der Waals surface area contributed by atoms with Gasteiger partial charge in [0.2, 0.25) is 10.0 Å². The number of hydrogen-bond acceptors (Lipinski definition) is 10. The van der Waals surface area contributed by atoms with Gasteiger partial charge in [0.25, 0.3) is 0 Å². The second-order valence-electron chi connectivity index (χ2n) is 14.2. The van der Waals surface area contributed by atoms with E-state index in [0.29, 0.717) is 11.6 Å². The van der Waals surface area contributed by atoms with Crippen molar-refractivity contribution >= 4 is 90.7 Å². The van der Waals surface area contributed by atoms with Crippen LogP contribution in [-0.4, -0.2) is 89.9 Å². The number of hydrogen-bond donors (Lipinski definition) is 3. The predicted molar refractivity (Wildman–Crippen MR) is 225 cm³/mol. The number of carboxylic acids is 1. The van der Waals surface area contributed by atoms with Gasteiger partial charge in [-0.1, -0.05) is 36.4 Å². The number of halogens is 2. The van der Waals surface area contributed by atoms with Crippen LogP contribution in [-0.2, 0) is 20.0 Å². The van der Waals surface area contributed by atoms with Crippen LogP contribution in [0.5, 0.6) is 0 Å². The van der Waals surface area contributed by atoms with Crippen molar-refractivity contribution in [1.82, 2.24) is 34.3 Å². The van der Waals surface area contributed by atoms with Crippen LogP contribution in [0.1, 0.15) is 20.7 Å². The fourth-order valence-corrected chi connectivity index (χ4v) is 10.7. The van der Waals surface area contributed by atoms with Gasteiger partial charge in [0.05, 0.1) is 4.90 Å². The molecule has 15 nitrogen and oxygen atoms in total. The van der Waals surface area contributed by atoms with Crippen LogP contribution >= 0.6 is 23.2 Å². The van der Waals surface area contributed by atoms with Crippen LogP contribution in [0.2, 0.25) is 44.8 Å². The summed E-state index contributed by atoms with van der Waals surface area (Å²) in [5, 5.41) is 22.6. The Morgan fingerprint density at radius 3 is 1.37 bits per heavy atom. The minimum atomic E-state index is -4.00. The predicted octanol–water partition coefficient (Wildman–Crippen LogP) is 5.08. The van der Waals surface area contributed by atoms with E-state index in [4.69, 9.17) is 33.4 Å². The van der Waals surface area contributed by atoms with Crippen LogP contribution in [0.3, 0.4) is 0 Å². The van der Waals surface area contributed by atoms with Crippen molar-refractivity contribution < 1.29 is 31.5 Å². The summed E-state index contributed by atoms with van der Waals surface area (Å²) in [4.78, 5) is 31.7. The molecule has 1 amide bonds. The Labute approximate surface area is 346 Å². The number of carbonyl (C=O) groups is 2.